The second kappa shape index (κ2) is 11.2. The maximum atomic E-state index is 13.2. The van der Waals surface area contributed by atoms with Gasteiger partial charge in [-0.2, -0.15) is 0 Å². The van der Waals surface area contributed by atoms with Gasteiger partial charge in [-0.25, -0.2) is 9.59 Å². The molecule has 3 amide bonds. The van der Waals surface area contributed by atoms with Gasteiger partial charge in [0.05, 0.1) is 18.2 Å². The highest BCUT2D eigenvalue weighted by Crippen LogP contribution is 2.33. The zero-order valence-corrected chi connectivity index (χ0v) is 22.0. The van der Waals surface area contributed by atoms with Gasteiger partial charge >= 0.3 is 12.0 Å². The van der Waals surface area contributed by atoms with Crippen molar-refractivity contribution in [3.63, 3.8) is 0 Å². The first kappa shape index (κ1) is 26.7. The van der Waals surface area contributed by atoms with Gasteiger partial charge < -0.3 is 15.0 Å². The Bertz CT molecular complexity index is 964. The van der Waals surface area contributed by atoms with Gasteiger partial charge in [-0.1, -0.05) is 52.0 Å². The molecular formula is C27H40N4O4. The van der Waals surface area contributed by atoms with Crippen LogP contribution in [-0.2, 0) is 19.7 Å². The van der Waals surface area contributed by atoms with E-state index in [0.717, 1.165) is 25.1 Å². The lowest BCUT2D eigenvalue weighted by molar-refractivity contribution is -0.139. The normalized spacial score (nSPS) is 19.9. The van der Waals surface area contributed by atoms with Crippen molar-refractivity contribution in [1.29, 1.82) is 0 Å². The van der Waals surface area contributed by atoms with Crippen molar-refractivity contribution in [1.82, 2.24) is 20.0 Å². The lowest BCUT2D eigenvalue weighted by Gasteiger charge is -2.36. The van der Waals surface area contributed by atoms with Crippen LogP contribution in [0.5, 0.6) is 0 Å². The predicted octanol–water partition coefficient (Wildman–Crippen LogP) is 3.44. The Morgan fingerprint density at radius 3 is 2.34 bits per heavy atom. The molecule has 35 heavy (non-hydrogen) atoms. The van der Waals surface area contributed by atoms with E-state index < -0.39 is 12.0 Å². The molecule has 0 aliphatic carbocycles. The summed E-state index contributed by atoms with van der Waals surface area (Å²) in [5, 5.41) is 3.00. The molecular weight excluding hydrogens is 444 g/mol. The van der Waals surface area contributed by atoms with Gasteiger partial charge in [-0.15, -0.1) is 0 Å². The van der Waals surface area contributed by atoms with E-state index in [9.17, 15) is 14.4 Å². The van der Waals surface area contributed by atoms with Crippen LogP contribution in [0.4, 0.5) is 4.79 Å². The number of hydrogen-bond acceptors (Lipinski definition) is 5. The molecule has 1 aromatic rings. The number of likely N-dealkylation sites (N-methyl/N-ethyl adjacent to an activating group) is 1. The van der Waals surface area contributed by atoms with Gasteiger partial charge in [0.15, 0.2) is 0 Å². The minimum Gasteiger partial charge on any atom is -0.463 e. The minimum absolute atomic E-state index is 0.000651. The molecule has 1 N–H and O–H groups in total. The monoisotopic (exact) mass is 484 g/mol. The number of ether oxygens (including phenoxy) is 1. The largest absolute Gasteiger partial charge is 0.463 e. The van der Waals surface area contributed by atoms with Crippen LogP contribution in [0.2, 0.25) is 0 Å². The summed E-state index contributed by atoms with van der Waals surface area (Å²) in [6, 6.07) is 7.22. The molecule has 0 aromatic heterocycles. The second-order valence-corrected chi connectivity index (χ2v) is 10.3. The van der Waals surface area contributed by atoms with E-state index in [1.807, 2.05) is 24.0 Å². The number of nitrogens with zero attached hydrogens (tertiary/aromatic N) is 3. The Morgan fingerprint density at radius 2 is 1.74 bits per heavy atom. The third kappa shape index (κ3) is 6.23. The molecule has 2 heterocycles. The zero-order chi connectivity index (χ0) is 25.8. The van der Waals surface area contributed by atoms with E-state index in [4.69, 9.17) is 4.74 Å². The van der Waals surface area contributed by atoms with E-state index in [-0.39, 0.29) is 24.0 Å². The van der Waals surface area contributed by atoms with Gasteiger partial charge in [0.1, 0.15) is 0 Å². The van der Waals surface area contributed by atoms with Crippen LogP contribution < -0.4 is 5.32 Å². The van der Waals surface area contributed by atoms with Crippen molar-refractivity contribution < 1.29 is 19.1 Å². The Hall–Kier alpha value is -2.87. The van der Waals surface area contributed by atoms with Crippen molar-refractivity contribution >= 4 is 17.9 Å². The van der Waals surface area contributed by atoms with Crippen LogP contribution in [0.25, 0.3) is 0 Å². The van der Waals surface area contributed by atoms with Crippen LogP contribution in [0.15, 0.2) is 35.5 Å². The number of rotatable bonds is 6. The molecule has 0 saturated carbocycles. The van der Waals surface area contributed by atoms with Crippen LogP contribution in [-0.4, -0.2) is 79.0 Å². The topological polar surface area (TPSA) is 82.2 Å². The average molecular weight is 485 g/mol. The molecule has 1 saturated heterocycles. The summed E-state index contributed by atoms with van der Waals surface area (Å²) < 4.78 is 5.46. The highest BCUT2D eigenvalue weighted by Gasteiger charge is 2.37. The number of urea groups is 1. The minimum atomic E-state index is -0.591. The summed E-state index contributed by atoms with van der Waals surface area (Å²) in [6.45, 7) is 13.6. The first-order chi connectivity index (χ1) is 16.6. The molecule has 8 nitrogen and oxygen atoms in total. The second-order valence-electron chi connectivity index (χ2n) is 10.3. The van der Waals surface area contributed by atoms with E-state index in [1.165, 1.54) is 10.5 Å². The lowest BCUT2D eigenvalue weighted by Crippen LogP contribution is -2.49. The van der Waals surface area contributed by atoms with E-state index >= 15 is 0 Å². The zero-order valence-electron chi connectivity index (χ0n) is 22.0. The summed E-state index contributed by atoms with van der Waals surface area (Å²) in [4.78, 5) is 44.0. The third-order valence-electron chi connectivity index (χ3n) is 6.80. The van der Waals surface area contributed by atoms with Gasteiger partial charge in [-0.3, -0.25) is 14.6 Å². The lowest BCUT2D eigenvalue weighted by atomic mass is 9.85. The highest BCUT2D eigenvalue weighted by molar-refractivity contribution is 5.95. The fourth-order valence-corrected chi connectivity index (χ4v) is 4.64. The number of benzene rings is 1. The molecule has 1 aromatic carbocycles. The van der Waals surface area contributed by atoms with E-state index in [1.54, 1.807) is 14.0 Å². The Balaban J connectivity index is 1.96. The van der Waals surface area contributed by atoms with E-state index in [0.29, 0.717) is 37.3 Å². The Morgan fingerprint density at radius 1 is 1.06 bits per heavy atom. The molecule has 0 spiro atoms. The summed E-state index contributed by atoms with van der Waals surface area (Å²) in [7, 11) is 1.69. The van der Waals surface area contributed by atoms with Crippen LogP contribution >= 0.6 is 0 Å². The maximum Gasteiger partial charge on any atom is 0.338 e. The van der Waals surface area contributed by atoms with Gasteiger partial charge in [0, 0.05) is 51.9 Å². The van der Waals surface area contributed by atoms with E-state index in [2.05, 4.69) is 43.1 Å². The Kier molecular flexibility index (Phi) is 8.59. The first-order valence-electron chi connectivity index (χ1n) is 12.6. The summed E-state index contributed by atoms with van der Waals surface area (Å²) in [5.41, 5.74) is 3.13. The fourth-order valence-electron chi connectivity index (χ4n) is 4.64. The van der Waals surface area contributed by atoms with Crippen LogP contribution in [0.3, 0.4) is 0 Å². The number of hydrogen-bond donors (Lipinski definition) is 1. The average Bonchev–Trinajstić information content (AvgIpc) is 3.06. The molecule has 1 fully saturated rings. The number of carbonyl (C=O) groups excluding carboxylic acids is 3. The van der Waals surface area contributed by atoms with Gasteiger partial charge in [0.25, 0.3) is 0 Å². The third-order valence-corrected chi connectivity index (χ3v) is 6.80. The summed E-state index contributed by atoms with van der Waals surface area (Å²) in [6.07, 6.45) is 1.35. The van der Waals surface area contributed by atoms with Crippen molar-refractivity contribution in [2.75, 3.05) is 46.4 Å². The molecule has 1 atom stereocenters. The standard InChI is InChI=1S/C27H40N4O4/c1-7-22(32)31-15-9-14-30(16-17-31)18-21-23(25(33)35-8-2)24(28-26(34)29(21)6)19-10-12-20(13-11-19)27(3,4)5/h10-13,24H,7-9,14-18H2,1-6H3,(H,28,34). The molecule has 0 bridgehead atoms. The van der Waals surface area contributed by atoms with Crippen molar-refractivity contribution in [3.05, 3.63) is 46.7 Å². The molecule has 8 heteroatoms. The smallest absolute Gasteiger partial charge is 0.338 e. The molecule has 192 valence electrons. The van der Waals surface area contributed by atoms with Crippen LogP contribution in [0, 0.1) is 0 Å². The molecule has 1 unspecified atom stereocenters. The number of nitrogens with one attached hydrogen (secondary N) is 1. The Labute approximate surface area is 209 Å². The number of carbonyl (C=O) groups is 3. The quantitative estimate of drug-likeness (QED) is 0.626. The van der Waals surface area contributed by atoms with Crippen molar-refractivity contribution in [3.8, 4) is 0 Å². The van der Waals surface area contributed by atoms with Crippen LogP contribution in [0.1, 0.15) is 64.6 Å². The van der Waals surface area contributed by atoms with Crippen molar-refractivity contribution in [2.45, 2.75) is 58.9 Å². The summed E-state index contributed by atoms with van der Waals surface area (Å²) >= 11 is 0. The van der Waals surface area contributed by atoms with Crippen molar-refractivity contribution in [2.24, 2.45) is 0 Å². The van der Waals surface area contributed by atoms with Gasteiger partial charge in [0.2, 0.25) is 5.91 Å². The molecule has 2 aliphatic heterocycles. The fraction of sp³-hybridized carbons (Fsp3) is 0.593. The van der Waals surface area contributed by atoms with Gasteiger partial charge in [-0.05, 0) is 29.9 Å². The molecule has 3 rings (SSSR count). The number of amides is 3. The molecule has 0 radical (unpaired) electrons. The maximum absolute atomic E-state index is 13.2. The SMILES string of the molecule is CCOC(=O)C1=C(CN2CCCN(C(=O)CC)CC2)N(C)C(=O)NC1c1ccc(C(C)(C)C)cc1. The first-order valence-corrected chi connectivity index (χ1v) is 12.6. The summed E-state index contributed by atoms with van der Waals surface area (Å²) in [5.74, 6) is -0.261. The predicted molar refractivity (Wildman–Crippen MR) is 136 cm³/mol. The molecule has 2 aliphatic rings. The highest BCUT2D eigenvalue weighted by atomic mass is 16.5. The number of esters is 1.